The minimum Gasteiger partial charge on any atom is -0.477 e. The predicted octanol–water partition coefficient (Wildman–Crippen LogP) is 13.7. The summed E-state index contributed by atoms with van der Waals surface area (Å²) in [5.41, 5.74) is 9.37. The number of carbonyl (C=O) groups is 1. The third kappa shape index (κ3) is 7.59. The number of para-hydroxylation sites is 4. The van der Waals surface area contributed by atoms with Crippen molar-refractivity contribution in [3.05, 3.63) is 199 Å². The predicted molar refractivity (Wildman–Crippen MR) is 229 cm³/mol. The van der Waals surface area contributed by atoms with Gasteiger partial charge in [0.05, 0.1) is 0 Å². The Bertz CT molecular complexity index is 2390. The number of aliphatic carboxylic acids is 1. The maximum Gasteiger partial charge on any atom is 0.346 e. The second-order valence-corrected chi connectivity index (χ2v) is 14.8. The topological polar surface area (TPSA) is 67.6 Å². The van der Waals surface area contributed by atoms with Crippen molar-refractivity contribution in [3.8, 4) is 37.4 Å². The molecule has 2 aromatic heterocycles. The number of benzene rings is 6. The molecule has 264 valence electrons. The molecule has 0 unspecified atom stereocenters. The minimum atomic E-state index is -1.23. The molecule has 0 aliphatic carbocycles. The number of hydrogen-bond acceptors (Lipinski definition) is 6. The van der Waals surface area contributed by atoms with Crippen LogP contribution < -0.4 is 9.80 Å². The van der Waals surface area contributed by atoms with Crippen LogP contribution in [-0.4, -0.2) is 11.1 Å². The van der Waals surface area contributed by atoms with Gasteiger partial charge in [0.2, 0.25) is 0 Å². The standard InChI is InChI=1S/C48H33N3O2S2/c49-33-36(48(52)53)31-43-29-30-45(54-43)46-32-44(34-21-25-41(26-22-34)50(37-13-5-1-6-14-37)38-15-7-2-8-16-38)47(55-46)35-23-27-42(28-24-35)51(39-17-9-3-10-18-39)40-19-11-4-12-20-40/h1-32H,(H,52,53)/b36-31-. The number of carboxylic acids is 1. The molecule has 8 rings (SSSR count). The lowest BCUT2D eigenvalue weighted by Crippen LogP contribution is -2.09. The Morgan fingerprint density at radius 2 is 0.927 bits per heavy atom. The van der Waals surface area contributed by atoms with Crippen LogP contribution in [0, 0.1) is 11.3 Å². The van der Waals surface area contributed by atoms with Crippen LogP contribution in [0.5, 0.6) is 0 Å². The number of rotatable bonds is 11. The van der Waals surface area contributed by atoms with Crippen molar-refractivity contribution in [1.29, 1.82) is 5.26 Å². The van der Waals surface area contributed by atoms with E-state index in [0.29, 0.717) is 4.88 Å². The lowest BCUT2D eigenvalue weighted by molar-refractivity contribution is -0.132. The Balaban J connectivity index is 1.21. The molecule has 0 aliphatic rings. The maximum atomic E-state index is 11.5. The molecule has 5 nitrogen and oxygen atoms in total. The van der Waals surface area contributed by atoms with E-state index in [1.807, 2.05) is 36.4 Å². The zero-order chi connectivity index (χ0) is 37.6. The number of hydrogen-bond donors (Lipinski definition) is 1. The Labute approximate surface area is 328 Å². The summed E-state index contributed by atoms with van der Waals surface area (Å²) < 4.78 is 0. The maximum absolute atomic E-state index is 11.5. The number of nitriles is 1. The third-order valence-electron chi connectivity index (χ3n) is 9.12. The first-order valence-electron chi connectivity index (χ1n) is 17.7. The fraction of sp³-hybridized carbons (Fsp3) is 0. The van der Waals surface area contributed by atoms with Crippen molar-refractivity contribution in [2.45, 2.75) is 0 Å². The van der Waals surface area contributed by atoms with E-state index in [1.54, 1.807) is 17.4 Å². The van der Waals surface area contributed by atoms with Gasteiger partial charge in [-0.2, -0.15) is 5.26 Å². The van der Waals surface area contributed by atoms with Gasteiger partial charge in [-0.15, -0.1) is 22.7 Å². The fourth-order valence-electron chi connectivity index (χ4n) is 6.54. The summed E-state index contributed by atoms with van der Waals surface area (Å²) in [5, 5.41) is 18.8. The molecule has 2 heterocycles. The molecule has 55 heavy (non-hydrogen) atoms. The summed E-state index contributed by atoms with van der Waals surface area (Å²) in [4.78, 5) is 19.9. The van der Waals surface area contributed by atoms with Gasteiger partial charge in [0.15, 0.2) is 0 Å². The smallest absolute Gasteiger partial charge is 0.346 e. The van der Waals surface area contributed by atoms with Crippen molar-refractivity contribution in [2.75, 3.05) is 9.80 Å². The molecule has 0 bridgehead atoms. The average Bonchev–Trinajstić information content (AvgIpc) is 3.90. The molecule has 0 spiro atoms. The van der Waals surface area contributed by atoms with Gasteiger partial charge in [0, 0.05) is 59.2 Å². The monoisotopic (exact) mass is 747 g/mol. The minimum absolute atomic E-state index is 0.291. The molecule has 0 saturated carbocycles. The highest BCUT2D eigenvalue weighted by Crippen LogP contribution is 2.47. The third-order valence-corrected chi connectivity index (χ3v) is 11.5. The van der Waals surface area contributed by atoms with Crippen molar-refractivity contribution < 1.29 is 9.90 Å². The lowest BCUT2D eigenvalue weighted by atomic mass is 10.0. The van der Waals surface area contributed by atoms with Gasteiger partial charge in [-0.1, -0.05) is 97.1 Å². The molecule has 1 N–H and O–H groups in total. The number of nitrogens with zero attached hydrogens (tertiary/aromatic N) is 3. The van der Waals surface area contributed by atoms with Crippen LogP contribution >= 0.6 is 22.7 Å². The molecule has 0 amide bonds. The van der Waals surface area contributed by atoms with Crippen LogP contribution in [0.3, 0.4) is 0 Å². The Kier molecular flexibility index (Phi) is 10.2. The summed E-state index contributed by atoms with van der Waals surface area (Å²) in [6, 6.07) is 66.7. The first-order valence-corrected chi connectivity index (χ1v) is 19.3. The van der Waals surface area contributed by atoms with Gasteiger partial charge >= 0.3 is 5.97 Å². The van der Waals surface area contributed by atoms with Crippen LogP contribution in [0.25, 0.3) is 37.4 Å². The van der Waals surface area contributed by atoms with Gasteiger partial charge in [-0.05, 0) is 108 Å². The molecule has 0 fully saturated rings. The Hall–Kier alpha value is -6.98. The fourth-order valence-corrected chi connectivity index (χ4v) is 8.76. The van der Waals surface area contributed by atoms with Crippen molar-refractivity contribution in [3.63, 3.8) is 0 Å². The first-order chi connectivity index (χ1) is 27.1. The molecule has 7 heteroatoms. The van der Waals surface area contributed by atoms with E-state index in [-0.39, 0.29) is 5.57 Å². The second kappa shape index (κ2) is 15.9. The van der Waals surface area contributed by atoms with E-state index in [2.05, 4.69) is 161 Å². The van der Waals surface area contributed by atoms with Crippen LogP contribution in [0.15, 0.2) is 194 Å². The largest absolute Gasteiger partial charge is 0.477 e. The Morgan fingerprint density at radius 3 is 1.35 bits per heavy atom. The summed E-state index contributed by atoms with van der Waals surface area (Å²) in [7, 11) is 0. The van der Waals surface area contributed by atoms with E-state index in [1.165, 1.54) is 17.4 Å². The Morgan fingerprint density at radius 1 is 0.509 bits per heavy atom. The first kappa shape index (κ1) is 35.1. The van der Waals surface area contributed by atoms with E-state index in [4.69, 9.17) is 0 Å². The highest BCUT2D eigenvalue weighted by molar-refractivity contribution is 7.24. The number of anilines is 6. The number of carboxylic acid groups (broad SMARTS) is 1. The number of thiophene rings is 2. The molecule has 0 radical (unpaired) electrons. The van der Waals surface area contributed by atoms with Crippen LogP contribution in [0.1, 0.15) is 4.88 Å². The summed E-state index contributed by atoms with van der Waals surface area (Å²) in [6.07, 6.45) is 1.43. The van der Waals surface area contributed by atoms with Crippen molar-refractivity contribution in [2.24, 2.45) is 0 Å². The molecular formula is C48H33N3O2S2. The SMILES string of the molecule is N#C/C(=C/c1ccc(-c2cc(-c3ccc(N(c4ccccc4)c4ccccc4)cc3)c(-c3ccc(N(c4ccccc4)c4ccccc4)cc3)s2)s1)C(=O)O. The summed E-state index contributed by atoms with van der Waals surface area (Å²) in [6.45, 7) is 0. The quantitative estimate of drug-likeness (QED) is 0.105. The molecule has 6 aromatic carbocycles. The average molecular weight is 748 g/mol. The summed E-state index contributed by atoms with van der Waals surface area (Å²) >= 11 is 3.17. The van der Waals surface area contributed by atoms with E-state index >= 15 is 0 Å². The summed E-state index contributed by atoms with van der Waals surface area (Å²) in [5.74, 6) is -1.23. The zero-order valence-corrected chi connectivity index (χ0v) is 31.1. The van der Waals surface area contributed by atoms with E-state index in [0.717, 1.165) is 65.4 Å². The van der Waals surface area contributed by atoms with E-state index in [9.17, 15) is 15.2 Å². The molecular weight excluding hydrogens is 715 g/mol. The van der Waals surface area contributed by atoms with Gasteiger partial charge in [-0.3, -0.25) is 0 Å². The lowest BCUT2D eigenvalue weighted by Gasteiger charge is -2.25. The van der Waals surface area contributed by atoms with Crippen molar-refractivity contribution >= 4 is 68.8 Å². The van der Waals surface area contributed by atoms with Crippen LogP contribution in [0.4, 0.5) is 34.1 Å². The second-order valence-electron chi connectivity index (χ2n) is 12.6. The highest BCUT2D eigenvalue weighted by atomic mass is 32.1. The zero-order valence-electron chi connectivity index (χ0n) is 29.5. The molecule has 8 aromatic rings. The normalized spacial score (nSPS) is 11.1. The van der Waals surface area contributed by atoms with Crippen molar-refractivity contribution in [1.82, 2.24) is 0 Å². The van der Waals surface area contributed by atoms with Gasteiger partial charge in [0.25, 0.3) is 0 Å². The van der Waals surface area contributed by atoms with Crippen LogP contribution in [-0.2, 0) is 4.79 Å². The highest BCUT2D eigenvalue weighted by Gasteiger charge is 2.19. The molecule has 0 aliphatic heterocycles. The van der Waals surface area contributed by atoms with Gasteiger partial charge < -0.3 is 14.9 Å². The van der Waals surface area contributed by atoms with Gasteiger partial charge in [-0.25, -0.2) is 4.79 Å². The van der Waals surface area contributed by atoms with E-state index < -0.39 is 5.97 Å². The molecule has 0 saturated heterocycles. The molecule has 0 atom stereocenters. The van der Waals surface area contributed by atoms with Crippen LogP contribution in [0.2, 0.25) is 0 Å². The van der Waals surface area contributed by atoms with Gasteiger partial charge in [0.1, 0.15) is 11.6 Å².